The van der Waals surface area contributed by atoms with Crippen molar-refractivity contribution < 1.29 is 23.8 Å². The number of hydrogen-bond donors (Lipinski definition) is 2. The van der Waals surface area contributed by atoms with Gasteiger partial charge in [-0.15, -0.1) is 0 Å². The van der Waals surface area contributed by atoms with Crippen LogP contribution in [0.15, 0.2) is 48.7 Å². The monoisotopic (exact) mass is 438 g/mol. The number of methoxy groups -OCH3 is 1. The number of nitrogens with zero attached hydrogens (tertiary/aromatic N) is 2. The number of carbonyl (C=O) groups is 2. The van der Waals surface area contributed by atoms with E-state index < -0.39 is 5.97 Å². The molecule has 0 saturated carbocycles. The highest BCUT2D eigenvalue weighted by atomic mass is 16.5. The summed E-state index contributed by atoms with van der Waals surface area (Å²) in [5.41, 5.74) is 8.20. The minimum Gasteiger partial charge on any atom is -0.493 e. The van der Waals surface area contributed by atoms with E-state index in [2.05, 4.69) is 10.4 Å². The normalized spacial score (nSPS) is 10.5. The third kappa shape index (κ3) is 5.00. The van der Waals surface area contributed by atoms with Crippen molar-refractivity contribution in [1.82, 2.24) is 15.1 Å². The lowest BCUT2D eigenvalue weighted by Crippen LogP contribution is -2.22. The Bertz CT molecular complexity index is 1090. The molecular formula is C23H26N4O5. The summed E-state index contributed by atoms with van der Waals surface area (Å²) < 4.78 is 17.2. The topological polar surface area (TPSA) is 118 Å². The summed E-state index contributed by atoms with van der Waals surface area (Å²) >= 11 is 0. The molecule has 0 saturated heterocycles. The van der Waals surface area contributed by atoms with E-state index in [4.69, 9.17) is 19.9 Å². The fourth-order valence-corrected chi connectivity index (χ4v) is 3.07. The Balaban J connectivity index is 1.67. The molecule has 3 N–H and O–H groups in total. The molecule has 2 aromatic carbocycles. The molecule has 3 aromatic rings. The molecule has 1 heterocycles. The number of amides is 1. The molecule has 1 aromatic heterocycles. The Morgan fingerprint density at radius 3 is 2.47 bits per heavy atom. The number of hydrogen-bond acceptors (Lipinski definition) is 7. The zero-order valence-electron chi connectivity index (χ0n) is 18.3. The number of nitrogens with two attached hydrogens (primary N) is 1. The predicted molar refractivity (Wildman–Crippen MR) is 119 cm³/mol. The summed E-state index contributed by atoms with van der Waals surface area (Å²) in [6.45, 7) is 4.71. The first kappa shape index (κ1) is 22.7. The number of esters is 1. The van der Waals surface area contributed by atoms with Crippen molar-refractivity contribution in [1.29, 1.82) is 0 Å². The summed E-state index contributed by atoms with van der Waals surface area (Å²) in [7, 11) is 1.58. The highest BCUT2D eigenvalue weighted by molar-refractivity contribution is 5.95. The predicted octanol–water partition coefficient (Wildman–Crippen LogP) is 2.97. The van der Waals surface area contributed by atoms with Gasteiger partial charge in [-0.05, 0) is 55.8 Å². The van der Waals surface area contributed by atoms with Gasteiger partial charge in [-0.1, -0.05) is 6.07 Å². The number of rotatable bonds is 9. The van der Waals surface area contributed by atoms with Gasteiger partial charge in [-0.3, -0.25) is 4.79 Å². The van der Waals surface area contributed by atoms with Crippen molar-refractivity contribution in [2.24, 2.45) is 0 Å². The second-order valence-corrected chi connectivity index (χ2v) is 6.72. The van der Waals surface area contributed by atoms with Gasteiger partial charge < -0.3 is 25.3 Å². The smallest absolute Gasteiger partial charge is 0.343 e. The van der Waals surface area contributed by atoms with Crippen LogP contribution < -0.4 is 20.5 Å². The molecule has 9 nitrogen and oxygen atoms in total. The van der Waals surface area contributed by atoms with Crippen LogP contribution in [0, 0.1) is 0 Å². The third-order valence-corrected chi connectivity index (χ3v) is 4.66. The van der Waals surface area contributed by atoms with Crippen molar-refractivity contribution in [3.8, 4) is 17.2 Å². The van der Waals surface area contributed by atoms with Crippen molar-refractivity contribution in [2.75, 3.05) is 26.1 Å². The standard InChI is InChI=1S/C23H26N4O5/c1-4-31-20-12-15(6-11-19(20)30-3)13-25-22(28)16-7-9-17(10-8-16)27-21(24)18(14-26-27)23(29)32-5-2/h6-12,14H,4-5,13,24H2,1-3H3,(H,25,28). The van der Waals surface area contributed by atoms with Crippen molar-refractivity contribution in [2.45, 2.75) is 20.4 Å². The van der Waals surface area contributed by atoms with Gasteiger partial charge in [0.1, 0.15) is 11.4 Å². The molecule has 0 atom stereocenters. The van der Waals surface area contributed by atoms with Crippen molar-refractivity contribution >= 4 is 17.7 Å². The van der Waals surface area contributed by atoms with E-state index in [-0.39, 0.29) is 23.9 Å². The molecule has 0 aliphatic carbocycles. The molecule has 0 spiro atoms. The lowest BCUT2D eigenvalue weighted by molar-refractivity contribution is 0.0527. The van der Waals surface area contributed by atoms with E-state index in [1.165, 1.54) is 10.9 Å². The average molecular weight is 438 g/mol. The van der Waals surface area contributed by atoms with Crippen LogP contribution in [-0.4, -0.2) is 42.0 Å². The first-order valence-electron chi connectivity index (χ1n) is 10.2. The van der Waals surface area contributed by atoms with Gasteiger partial charge in [-0.2, -0.15) is 5.10 Å². The molecular weight excluding hydrogens is 412 g/mol. The number of nitrogens with one attached hydrogen (secondary N) is 1. The van der Waals surface area contributed by atoms with Crippen LogP contribution in [0.5, 0.6) is 11.5 Å². The SMILES string of the molecule is CCOC(=O)c1cnn(-c2ccc(C(=O)NCc3ccc(OC)c(OCC)c3)cc2)c1N. The third-order valence-electron chi connectivity index (χ3n) is 4.66. The molecule has 32 heavy (non-hydrogen) atoms. The fourth-order valence-electron chi connectivity index (χ4n) is 3.07. The van der Waals surface area contributed by atoms with Crippen LogP contribution in [-0.2, 0) is 11.3 Å². The first-order chi connectivity index (χ1) is 15.5. The van der Waals surface area contributed by atoms with E-state index in [0.29, 0.717) is 35.9 Å². The van der Waals surface area contributed by atoms with Crippen LogP contribution in [0.4, 0.5) is 5.82 Å². The Hall–Kier alpha value is -4.01. The highest BCUT2D eigenvalue weighted by Gasteiger charge is 2.17. The lowest BCUT2D eigenvalue weighted by atomic mass is 10.1. The summed E-state index contributed by atoms with van der Waals surface area (Å²) in [6, 6.07) is 12.2. The largest absolute Gasteiger partial charge is 0.493 e. The molecule has 0 radical (unpaired) electrons. The van der Waals surface area contributed by atoms with E-state index in [9.17, 15) is 9.59 Å². The zero-order valence-corrected chi connectivity index (χ0v) is 18.3. The molecule has 9 heteroatoms. The Morgan fingerprint density at radius 1 is 1.06 bits per heavy atom. The number of anilines is 1. The molecule has 0 unspecified atom stereocenters. The van der Waals surface area contributed by atoms with Crippen LogP contribution in [0.1, 0.15) is 40.1 Å². The number of ether oxygens (including phenoxy) is 3. The van der Waals surface area contributed by atoms with Gasteiger partial charge in [0.15, 0.2) is 11.5 Å². The summed E-state index contributed by atoms with van der Waals surface area (Å²) in [5, 5.41) is 7.03. The van der Waals surface area contributed by atoms with Crippen molar-refractivity contribution in [3.05, 3.63) is 65.4 Å². The second-order valence-electron chi connectivity index (χ2n) is 6.72. The second kappa shape index (κ2) is 10.3. The van der Waals surface area contributed by atoms with Gasteiger partial charge in [0.2, 0.25) is 0 Å². The maximum absolute atomic E-state index is 12.6. The molecule has 0 aliphatic rings. The Kier molecular flexibility index (Phi) is 7.33. The zero-order chi connectivity index (χ0) is 23.1. The fraction of sp³-hybridized carbons (Fsp3) is 0.261. The Morgan fingerprint density at radius 2 is 1.81 bits per heavy atom. The molecule has 0 fully saturated rings. The van der Waals surface area contributed by atoms with Crippen LogP contribution in [0.3, 0.4) is 0 Å². The van der Waals surface area contributed by atoms with E-state index in [1.54, 1.807) is 44.4 Å². The van der Waals surface area contributed by atoms with Crippen LogP contribution >= 0.6 is 0 Å². The molecule has 0 aliphatic heterocycles. The summed E-state index contributed by atoms with van der Waals surface area (Å²) in [4.78, 5) is 24.5. The first-order valence-corrected chi connectivity index (χ1v) is 10.2. The molecule has 0 bridgehead atoms. The number of benzene rings is 2. The minimum atomic E-state index is -0.529. The molecule has 1 amide bonds. The maximum atomic E-state index is 12.6. The average Bonchev–Trinajstić information content (AvgIpc) is 3.19. The van der Waals surface area contributed by atoms with Gasteiger partial charge in [0.05, 0.1) is 32.2 Å². The molecule has 168 valence electrons. The van der Waals surface area contributed by atoms with E-state index >= 15 is 0 Å². The number of nitrogen functional groups attached to an aromatic ring is 1. The minimum absolute atomic E-state index is 0.172. The Labute approximate surface area is 186 Å². The van der Waals surface area contributed by atoms with E-state index in [1.807, 2.05) is 19.1 Å². The lowest BCUT2D eigenvalue weighted by Gasteiger charge is -2.12. The van der Waals surface area contributed by atoms with Crippen LogP contribution in [0.25, 0.3) is 5.69 Å². The number of aromatic nitrogens is 2. The van der Waals surface area contributed by atoms with Gasteiger partial charge in [-0.25, -0.2) is 9.48 Å². The van der Waals surface area contributed by atoms with Gasteiger partial charge in [0.25, 0.3) is 5.91 Å². The highest BCUT2D eigenvalue weighted by Crippen LogP contribution is 2.28. The molecule has 3 rings (SSSR count). The summed E-state index contributed by atoms with van der Waals surface area (Å²) in [6.07, 6.45) is 1.36. The number of carbonyl (C=O) groups excluding carboxylic acids is 2. The quantitative estimate of drug-likeness (QED) is 0.493. The van der Waals surface area contributed by atoms with Gasteiger partial charge in [0, 0.05) is 12.1 Å². The maximum Gasteiger partial charge on any atom is 0.343 e. The van der Waals surface area contributed by atoms with E-state index in [0.717, 1.165) is 5.56 Å². The van der Waals surface area contributed by atoms with Gasteiger partial charge >= 0.3 is 5.97 Å². The van der Waals surface area contributed by atoms with Crippen LogP contribution in [0.2, 0.25) is 0 Å². The summed E-state index contributed by atoms with van der Waals surface area (Å²) in [5.74, 6) is 0.682. The van der Waals surface area contributed by atoms with Crippen molar-refractivity contribution in [3.63, 3.8) is 0 Å².